The highest BCUT2D eigenvalue weighted by molar-refractivity contribution is 5.13. The molecule has 220 valence electrons. The van der Waals surface area contributed by atoms with Crippen LogP contribution in [0.1, 0.15) is 152 Å². The van der Waals surface area contributed by atoms with Crippen LogP contribution >= 0.6 is 0 Å². The minimum Gasteiger partial charge on any atom is -0.288 e. The van der Waals surface area contributed by atoms with Gasteiger partial charge in [0, 0.05) is 26.2 Å². The first-order valence-corrected chi connectivity index (χ1v) is 16.9. The molecule has 0 unspecified atom stereocenters. The maximum atomic E-state index is 4.81. The van der Waals surface area contributed by atoms with E-state index < -0.39 is 0 Å². The molecule has 0 atom stereocenters. The van der Waals surface area contributed by atoms with E-state index in [1.165, 1.54) is 140 Å². The average molecular weight is 551 g/mol. The predicted octanol–water partition coefficient (Wildman–Crippen LogP) is 5.31. The third kappa shape index (κ3) is 4.80. The molecular weight excluding hydrogens is 500 g/mol. The fraction of sp³-hybridized carbons (Fsp3) is 0.933. The second-order valence-corrected chi connectivity index (χ2v) is 13.6. The topological polar surface area (TPSA) is 93.7 Å². The van der Waals surface area contributed by atoms with Gasteiger partial charge in [0.15, 0.2) is 11.6 Å². The highest BCUT2D eigenvalue weighted by Crippen LogP contribution is 2.47. The Hall–Kier alpha value is -1.94. The molecule has 0 N–H and O–H groups in total. The second-order valence-electron chi connectivity index (χ2n) is 13.6. The van der Waals surface area contributed by atoms with Crippen molar-refractivity contribution >= 4 is 0 Å². The molecule has 4 saturated carbocycles. The summed E-state index contributed by atoms with van der Waals surface area (Å²) >= 11 is 0. The third-order valence-corrected chi connectivity index (χ3v) is 11.5. The molecule has 2 aromatic rings. The van der Waals surface area contributed by atoms with Crippen molar-refractivity contribution in [1.29, 1.82) is 0 Å². The maximum Gasteiger partial charge on any atom is 0.171 e. The first-order valence-electron chi connectivity index (χ1n) is 16.9. The Bertz CT molecular complexity index is 991. The molecule has 0 radical (unpaired) electrons. The summed E-state index contributed by atoms with van der Waals surface area (Å²) in [5.41, 5.74) is -0.0383. The van der Waals surface area contributed by atoms with Crippen LogP contribution in [-0.2, 0) is 11.1 Å². The third-order valence-electron chi connectivity index (χ3n) is 11.5. The van der Waals surface area contributed by atoms with Crippen molar-refractivity contribution in [2.45, 2.75) is 152 Å². The van der Waals surface area contributed by atoms with Gasteiger partial charge in [0.2, 0.25) is 0 Å². The molecule has 7 rings (SSSR count). The van der Waals surface area contributed by atoms with Gasteiger partial charge in [-0.15, -0.1) is 10.2 Å². The van der Waals surface area contributed by atoms with Gasteiger partial charge in [0.1, 0.15) is 0 Å². The standard InChI is InChI=1S/C30H50N10/c1-5-13-25(14-6-1)39-27(31-33-35-39)29(17-9-3-10-18-29)37-21-23-38(24-22-37)30(19-11-4-12-20-30)28-32-34-36-40(28)26-15-7-2-8-16-26/h25-26H,1-24H2. The Morgan fingerprint density at radius 1 is 0.450 bits per heavy atom. The molecule has 10 nitrogen and oxygen atoms in total. The van der Waals surface area contributed by atoms with E-state index in [1.54, 1.807) is 0 Å². The molecule has 10 heteroatoms. The van der Waals surface area contributed by atoms with Gasteiger partial charge in [-0.2, -0.15) is 0 Å². The molecule has 0 aromatic carbocycles. The summed E-state index contributed by atoms with van der Waals surface area (Å²) < 4.78 is 4.55. The zero-order valence-corrected chi connectivity index (χ0v) is 24.6. The number of piperazine rings is 1. The van der Waals surface area contributed by atoms with E-state index in [0.29, 0.717) is 12.1 Å². The highest BCUT2D eigenvalue weighted by Gasteiger charge is 2.50. The van der Waals surface area contributed by atoms with Gasteiger partial charge >= 0.3 is 0 Å². The van der Waals surface area contributed by atoms with Crippen LogP contribution < -0.4 is 0 Å². The summed E-state index contributed by atoms with van der Waals surface area (Å²) in [5.74, 6) is 2.34. The van der Waals surface area contributed by atoms with Gasteiger partial charge in [0.25, 0.3) is 0 Å². The molecule has 0 bridgehead atoms. The number of hydrogen-bond donors (Lipinski definition) is 0. The molecule has 3 heterocycles. The van der Waals surface area contributed by atoms with Crippen molar-refractivity contribution in [2.75, 3.05) is 26.2 Å². The van der Waals surface area contributed by atoms with Crippen molar-refractivity contribution < 1.29 is 0 Å². The molecule has 2 aromatic heterocycles. The first kappa shape index (κ1) is 26.9. The lowest BCUT2D eigenvalue weighted by atomic mass is 9.77. The van der Waals surface area contributed by atoms with Crippen LogP contribution in [0.5, 0.6) is 0 Å². The van der Waals surface area contributed by atoms with Gasteiger partial charge < -0.3 is 0 Å². The fourth-order valence-electron chi connectivity index (χ4n) is 9.34. The molecule has 5 aliphatic rings. The molecule has 1 saturated heterocycles. The number of nitrogens with zero attached hydrogens (tertiary/aromatic N) is 10. The molecule has 4 aliphatic carbocycles. The van der Waals surface area contributed by atoms with Crippen LogP contribution in [0.15, 0.2) is 0 Å². The lowest BCUT2D eigenvalue weighted by Crippen LogP contribution is -2.61. The smallest absolute Gasteiger partial charge is 0.171 e. The number of aromatic nitrogens is 8. The van der Waals surface area contributed by atoms with E-state index in [9.17, 15) is 0 Å². The zero-order chi connectivity index (χ0) is 26.8. The van der Waals surface area contributed by atoms with Crippen LogP contribution in [0.4, 0.5) is 0 Å². The van der Waals surface area contributed by atoms with Crippen molar-refractivity contribution in [1.82, 2.24) is 50.2 Å². The number of tetrazole rings is 2. The number of rotatable bonds is 6. The van der Waals surface area contributed by atoms with E-state index in [-0.39, 0.29) is 11.1 Å². The minimum absolute atomic E-state index is 0.0192. The lowest BCUT2D eigenvalue weighted by Gasteiger charge is -2.53. The first-order chi connectivity index (χ1) is 19.8. The van der Waals surface area contributed by atoms with Crippen molar-refractivity contribution in [3.05, 3.63) is 11.6 Å². The van der Waals surface area contributed by atoms with Crippen molar-refractivity contribution in [2.24, 2.45) is 0 Å². The van der Waals surface area contributed by atoms with Crippen molar-refractivity contribution in [3.8, 4) is 0 Å². The SMILES string of the molecule is C1CCC(n2nnnc2C2(N3CCN(C4(c5nnnn5C5CCCCC5)CCCCC4)CC3)CCCCC2)CC1. The summed E-state index contributed by atoms with van der Waals surface area (Å²) in [4.78, 5) is 5.60. The van der Waals surface area contributed by atoms with Crippen LogP contribution in [-0.4, -0.2) is 76.4 Å². The van der Waals surface area contributed by atoms with Crippen LogP contribution in [0.25, 0.3) is 0 Å². The summed E-state index contributed by atoms with van der Waals surface area (Å²) in [6.07, 6.45) is 25.3. The van der Waals surface area contributed by atoms with Crippen LogP contribution in [0.3, 0.4) is 0 Å². The molecule has 0 amide bonds. The minimum atomic E-state index is -0.0192. The zero-order valence-electron chi connectivity index (χ0n) is 24.6. The van der Waals surface area contributed by atoms with Crippen LogP contribution in [0.2, 0.25) is 0 Å². The van der Waals surface area contributed by atoms with Gasteiger partial charge in [-0.05, 0) is 72.2 Å². The predicted molar refractivity (Wildman–Crippen MR) is 153 cm³/mol. The summed E-state index contributed by atoms with van der Waals surface area (Å²) in [5, 5.41) is 27.5. The van der Waals surface area contributed by atoms with E-state index in [2.05, 4.69) is 40.0 Å². The Balaban J connectivity index is 1.15. The molecule has 5 fully saturated rings. The second kappa shape index (κ2) is 11.7. The monoisotopic (exact) mass is 550 g/mol. The van der Waals surface area contributed by atoms with Gasteiger partial charge in [-0.1, -0.05) is 77.0 Å². The maximum absolute atomic E-state index is 4.81. The summed E-state index contributed by atoms with van der Waals surface area (Å²) in [6, 6.07) is 0.950. The average Bonchev–Trinajstić information content (AvgIpc) is 3.74. The van der Waals surface area contributed by atoms with E-state index in [1.807, 2.05) is 0 Å². The van der Waals surface area contributed by atoms with Crippen molar-refractivity contribution in [3.63, 3.8) is 0 Å². The van der Waals surface area contributed by atoms with Gasteiger partial charge in [-0.25, -0.2) is 9.36 Å². The molecule has 0 spiro atoms. The van der Waals surface area contributed by atoms with E-state index in [4.69, 9.17) is 10.2 Å². The van der Waals surface area contributed by atoms with Gasteiger partial charge in [0.05, 0.1) is 23.2 Å². The normalized spacial score (nSPS) is 27.6. The highest BCUT2D eigenvalue weighted by atomic mass is 15.6. The van der Waals surface area contributed by atoms with Gasteiger partial charge in [-0.3, -0.25) is 9.80 Å². The largest absolute Gasteiger partial charge is 0.288 e. The lowest BCUT2D eigenvalue weighted by molar-refractivity contribution is -0.0541. The Morgan fingerprint density at radius 3 is 1.18 bits per heavy atom. The number of hydrogen-bond acceptors (Lipinski definition) is 8. The molecule has 1 aliphatic heterocycles. The summed E-state index contributed by atoms with van der Waals surface area (Å²) in [7, 11) is 0. The fourth-order valence-corrected chi connectivity index (χ4v) is 9.34. The molecular formula is C30H50N10. The van der Waals surface area contributed by atoms with E-state index in [0.717, 1.165) is 26.2 Å². The van der Waals surface area contributed by atoms with Crippen LogP contribution in [0, 0.1) is 0 Å². The molecule has 40 heavy (non-hydrogen) atoms. The van der Waals surface area contributed by atoms with E-state index >= 15 is 0 Å². The Morgan fingerprint density at radius 2 is 0.800 bits per heavy atom. The quantitative estimate of drug-likeness (QED) is 0.478. The Labute approximate surface area is 239 Å². The Kier molecular flexibility index (Phi) is 7.91. The summed E-state index contributed by atoms with van der Waals surface area (Å²) in [6.45, 7) is 4.29.